The van der Waals surface area contributed by atoms with Gasteiger partial charge in [-0.1, -0.05) is 51.1 Å². The molecule has 2 heterocycles. The maximum atomic E-state index is 12.8. The SMILES string of the molecule is CC(C)(C)c1ccc(C(=C[C@H]2CCC(=O)N2)c2ccc(Oc3ccc(C(F)(F)F)cc3)c(=O)[nH]2)cc1. The molecule has 5 nitrogen and oxygen atoms in total. The van der Waals surface area contributed by atoms with Gasteiger partial charge < -0.3 is 15.0 Å². The third kappa shape index (κ3) is 5.87. The molecule has 0 unspecified atom stereocenters. The number of nitrogens with one attached hydrogen (secondary N) is 2. The first-order valence-electron chi connectivity index (χ1n) is 11.6. The molecule has 1 amide bonds. The topological polar surface area (TPSA) is 71.2 Å². The highest BCUT2D eigenvalue weighted by molar-refractivity contribution is 5.82. The lowest BCUT2D eigenvalue weighted by Crippen LogP contribution is -2.23. The number of pyridine rings is 1. The zero-order valence-electron chi connectivity index (χ0n) is 20.2. The number of carbonyl (C=O) groups is 1. The fourth-order valence-corrected chi connectivity index (χ4v) is 3.99. The van der Waals surface area contributed by atoms with E-state index >= 15 is 0 Å². The van der Waals surface area contributed by atoms with Gasteiger partial charge in [0.15, 0.2) is 5.75 Å². The minimum atomic E-state index is -4.45. The van der Waals surface area contributed by atoms with Gasteiger partial charge in [-0.2, -0.15) is 13.2 Å². The Hall–Kier alpha value is -3.81. The molecular weight excluding hydrogens is 469 g/mol. The predicted molar refractivity (Wildman–Crippen MR) is 132 cm³/mol. The molecule has 0 aliphatic carbocycles. The van der Waals surface area contributed by atoms with E-state index in [0.29, 0.717) is 18.5 Å². The molecule has 1 aromatic heterocycles. The van der Waals surface area contributed by atoms with E-state index in [1.165, 1.54) is 18.2 Å². The number of halogens is 3. The zero-order valence-corrected chi connectivity index (χ0v) is 20.2. The van der Waals surface area contributed by atoms with E-state index in [1.807, 2.05) is 30.3 Å². The summed E-state index contributed by atoms with van der Waals surface area (Å²) in [5.41, 5.74) is 1.97. The number of hydrogen-bond acceptors (Lipinski definition) is 3. The quantitative estimate of drug-likeness (QED) is 0.442. The van der Waals surface area contributed by atoms with E-state index in [4.69, 9.17) is 4.74 Å². The maximum Gasteiger partial charge on any atom is 0.416 e. The summed E-state index contributed by atoms with van der Waals surface area (Å²) in [5.74, 6) is 0.0472. The van der Waals surface area contributed by atoms with E-state index in [2.05, 4.69) is 31.1 Å². The van der Waals surface area contributed by atoms with Crippen LogP contribution in [0, 0.1) is 0 Å². The van der Waals surface area contributed by atoms with Crippen LogP contribution in [0.2, 0.25) is 0 Å². The Morgan fingerprint density at radius 1 is 0.917 bits per heavy atom. The number of amides is 1. The Labute approximate surface area is 207 Å². The van der Waals surface area contributed by atoms with E-state index in [0.717, 1.165) is 28.8 Å². The van der Waals surface area contributed by atoms with Gasteiger partial charge in [0.25, 0.3) is 5.56 Å². The minimum absolute atomic E-state index is 0.0204. The summed E-state index contributed by atoms with van der Waals surface area (Å²) < 4.78 is 43.9. The molecule has 1 aliphatic rings. The van der Waals surface area contributed by atoms with Gasteiger partial charge in [0, 0.05) is 23.7 Å². The van der Waals surface area contributed by atoms with Crippen LogP contribution in [0.15, 0.2) is 71.5 Å². The van der Waals surface area contributed by atoms with Crippen LogP contribution in [0.3, 0.4) is 0 Å². The first kappa shape index (κ1) is 25.3. The molecule has 188 valence electrons. The fourth-order valence-electron chi connectivity index (χ4n) is 3.99. The summed E-state index contributed by atoms with van der Waals surface area (Å²) in [4.78, 5) is 27.4. The number of carbonyl (C=O) groups excluding carboxylic acids is 1. The van der Waals surface area contributed by atoms with Crippen molar-refractivity contribution in [3.05, 3.63) is 99.5 Å². The highest BCUT2D eigenvalue weighted by Gasteiger charge is 2.30. The smallest absolute Gasteiger partial charge is 0.416 e. The lowest BCUT2D eigenvalue weighted by Gasteiger charge is -2.20. The van der Waals surface area contributed by atoms with Crippen molar-refractivity contribution >= 4 is 11.5 Å². The monoisotopic (exact) mass is 496 g/mol. The van der Waals surface area contributed by atoms with E-state index in [-0.39, 0.29) is 28.9 Å². The van der Waals surface area contributed by atoms with E-state index < -0.39 is 17.3 Å². The molecule has 2 aromatic carbocycles. The normalized spacial score (nSPS) is 16.7. The molecule has 36 heavy (non-hydrogen) atoms. The third-order valence-corrected chi connectivity index (χ3v) is 6.03. The highest BCUT2D eigenvalue weighted by atomic mass is 19.4. The standard InChI is InChI=1S/C28H27F3N2O3/c1-27(2,3)18-6-4-17(5-7-18)22(16-20-10-15-25(34)32-20)23-13-14-24(26(35)33-23)36-21-11-8-19(9-12-21)28(29,30)31/h4-9,11-14,16,20H,10,15H2,1-3H3,(H,32,34)(H,33,35)/t20-/m1/s1. The Morgan fingerprint density at radius 3 is 2.08 bits per heavy atom. The van der Waals surface area contributed by atoms with Crippen molar-refractivity contribution in [3.63, 3.8) is 0 Å². The zero-order chi connectivity index (χ0) is 26.1. The second-order valence-electron chi connectivity index (χ2n) is 9.81. The minimum Gasteiger partial charge on any atom is -0.452 e. The lowest BCUT2D eigenvalue weighted by molar-refractivity contribution is -0.137. The summed E-state index contributed by atoms with van der Waals surface area (Å²) in [7, 11) is 0. The Balaban J connectivity index is 1.65. The van der Waals surface area contributed by atoms with Crippen molar-refractivity contribution in [1.29, 1.82) is 0 Å². The molecule has 0 saturated carbocycles. The molecule has 0 bridgehead atoms. The third-order valence-electron chi connectivity index (χ3n) is 6.03. The predicted octanol–water partition coefficient (Wildman–Crippen LogP) is 6.19. The lowest BCUT2D eigenvalue weighted by atomic mass is 9.86. The first-order valence-corrected chi connectivity index (χ1v) is 11.6. The number of alkyl halides is 3. The van der Waals surface area contributed by atoms with Crippen LogP contribution >= 0.6 is 0 Å². The Kier molecular flexibility index (Phi) is 6.80. The molecule has 4 rings (SSSR count). The van der Waals surface area contributed by atoms with E-state index in [1.54, 1.807) is 6.07 Å². The number of aromatic amines is 1. The van der Waals surface area contributed by atoms with Crippen molar-refractivity contribution < 1.29 is 22.7 Å². The molecule has 1 aliphatic heterocycles. The van der Waals surface area contributed by atoms with Crippen LogP contribution in [-0.4, -0.2) is 16.9 Å². The fraction of sp³-hybridized carbons (Fsp3) is 0.286. The average Bonchev–Trinajstić information content (AvgIpc) is 3.23. The molecule has 1 saturated heterocycles. The number of ether oxygens (including phenoxy) is 1. The van der Waals surface area contributed by atoms with Gasteiger partial charge in [0.1, 0.15) is 5.75 Å². The number of rotatable bonds is 5. The van der Waals surface area contributed by atoms with Gasteiger partial charge in [-0.25, -0.2) is 0 Å². The van der Waals surface area contributed by atoms with Crippen LogP contribution in [0.25, 0.3) is 5.57 Å². The van der Waals surface area contributed by atoms with Crippen LogP contribution in [0.1, 0.15) is 56.0 Å². The summed E-state index contributed by atoms with van der Waals surface area (Å²) in [6, 6.07) is 15.2. The summed E-state index contributed by atoms with van der Waals surface area (Å²) in [5, 5.41) is 2.92. The van der Waals surface area contributed by atoms with Gasteiger partial charge in [-0.05, 0) is 59.4 Å². The maximum absolute atomic E-state index is 12.8. The molecular formula is C28H27F3N2O3. The van der Waals surface area contributed by atoms with Crippen LogP contribution in [0.4, 0.5) is 13.2 Å². The first-order chi connectivity index (χ1) is 16.9. The Bertz CT molecular complexity index is 1330. The van der Waals surface area contributed by atoms with Crippen molar-refractivity contribution in [2.75, 3.05) is 0 Å². The highest BCUT2D eigenvalue weighted by Crippen LogP contribution is 2.32. The van der Waals surface area contributed by atoms with Crippen LogP contribution in [-0.2, 0) is 16.4 Å². The molecule has 2 N–H and O–H groups in total. The van der Waals surface area contributed by atoms with Crippen molar-refractivity contribution in [1.82, 2.24) is 10.3 Å². The van der Waals surface area contributed by atoms with E-state index in [9.17, 15) is 22.8 Å². The van der Waals surface area contributed by atoms with Crippen molar-refractivity contribution in [3.8, 4) is 11.5 Å². The van der Waals surface area contributed by atoms with Gasteiger partial charge in [0.05, 0.1) is 5.56 Å². The largest absolute Gasteiger partial charge is 0.452 e. The molecule has 1 fully saturated rings. The van der Waals surface area contributed by atoms with Crippen LogP contribution < -0.4 is 15.6 Å². The number of H-pyrrole nitrogens is 1. The summed E-state index contributed by atoms with van der Waals surface area (Å²) in [6.45, 7) is 6.37. The van der Waals surface area contributed by atoms with Gasteiger partial charge in [-0.3, -0.25) is 9.59 Å². The number of aromatic nitrogens is 1. The van der Waals surface area contributed by atoms with Crippen molar-refractivity contribution in [2.24, 2.45) is 0 Å². The molecule has 1 atom stereocenters. The van der Waals surface area contributed by atoms with Gasteiger partial charge >= 0.3 is 6.18 Å². The molecule has 0 spiro atoms. The Morgan fingerprint density at radius 2 is 1.56 bits per heavy atom. The second kappa shape index (κ2) is 9.68. The molecule has 0 radical (unpaired) electrons. The summed E-state index contributed by atoms with van der Waals surface area (Å²) >= 11 is 0. The number of benzene rings is 2. The molecule has 3 aromatic rings. The van der Waals surface area contributed by atoms with Gasteiger partial charge in [0.2, 0.25) is 5.91 Å². The summed E-state index contributed by atoms with van der Waals surface area (Å²) in [6.07, 6.45) is -1.43. The number of hydrogen-bond donors (Lipinski definition) is 2. The van der Waals surface area contributed by atoms with Crippen LogP contribution in [0.5, 0.6) is 11.5 Å². The second-order valence-corrected chi connectivity index (χ2v) is 9.81. The van der Waals surface area contributed by atoms with Gasteiger partial charge in [-0.15, -0.1) is 0 Å². The molecule has 8 heteroatoms. The van der Waals surface area contributed by atoms with Crippen molar-refractivity contribution in [2.45, 2.75) is 51.2 Å². The average molecular weight is 497 g/mol.